The van der Waals surface area contributed by atoms with Gasteiger partial charge in [0.15, 0.2) is 0 Å². The molecule has 2 atom stereocenters. The normalized spacial score (nSPS) is 31.3. The zero-order chi connectivity index (χ0) is 10.7. The predicted octanol–water partition coefficient (Wildman–Crippen LogP) is 1.70. The minimum absolute atomic E-state index is 0.0112. The van der Waals surface area contributed by atoms with E-state index in [0.29, 0.717) is 25.0 Å². The van der Waals surface area contributed by atoms with E-state index in [-0.39, 0.29) is 11.9 Å². The third kappa shape index (κ3) is 2.94. The summed E-state index contributed by atoms with van der Waals surface area (Å²) in [4.78, 5) is 11.8. The summed E-state index contributed by atoms with van der Waals surface area (Å²) in [5.41, 5.74) is 5.69. The Hall–Kier alpha value is -0.570. The van der Waals surface area contributed by atoms with Gasteiger partial charge in [-0.3, -0.25) is 4.79 Å². The van der Waals surface area contributed by atoms with E-state index in [2.05, 4.69) is 0 Å². The molecular weight excluding hydrogens is 190 g/mol. The fourth-order valence-electron chi connectivity index (χ4n) is 2.39. The molecule has 3 heteroatoms. The van der Waals surface area contributed by atoms with Crippen LogP contribution >= 0.6 is 0 Å². The Kier molecular flexibility index (Phi) is 3.62. The van der Waals surface area contributed by atoms with E-state index in [9.17, 15) is 4.79 Å². The fourth-order valence-corrected chi connectivity index (χ4v) is 2.39. The molecule has 0 amide bonds. The van der Waals surface area contributed by atoms with Gasteiger partial charge in [-0.2, -0.15) is 0 Å². The molecule has 2 aliphatic rings. The van der Waals surface area contributed by atoms with Crippen molar-refractivity contribution in [1.82, 2.24) is 0 Å². The van der Waals surface area contributed by atoms with Crippen LogP contribution in [0.4, 0.5) is 0 Å². The van der Waals surface area contributed by atoms with Gasteiger partial charge in [0.2, 0.25) is 0 Å². The van der Waals surface area contributed by atoms with Crippen LogP contribution in [0, 0.1) is 17.8 Å². The van der Waals surface area contributed by atoms with Gasteiger partial charge in [-0.25, -0.2) is 0 Å². The van der Waals surface area contributed by atoms with Crippen LogP contribution in [0.25, 0.3) is 0 Å². The first kappa shape index (κ1) is 10.9. The van der Waals surface area contributed by atoms with E-state index in [1.807, 2.05) is 0 Å². The lowest BCUT2D eigenvalue weighted by Crippen LogP contribution is -2.33. The van der Waals surface area contributed by atoms with Gasteiger partial charge in [0.05, 0.1) is 12.5 Å². The molecule has 0 aliphatic heterocycles. The number of hydrogen-bond acceptors (Lipinski definition) is 3. The quantitative estimate of drug-likeness (QED) is 0.720. The average Bonchev–Trinajstić information content (AvgIpc) is 3.09. The van der Waals surface area contributed by atoms with Crippen LogP contribution in [0.5, 0.6) is 0 Å². The lowest BCUT2D eigenvalue weighted by Gasteiger charge is -2.28. The van der Waals surface area contributed by atoms with Gasteiger partial charge in [0.1, 0.15) is 0 Å². The van der Waals surface area contributed by atoms with E-state index in [0.717, 1.165) is 19.3 Å². The fraction of sp³-hybridized carbons (Fsp3) is 0.917. The van der Waals surface area contributed by atoms with Crippen molar-refractivity contribution in [2.24, 2.45) is 23.5 Å². The van der Waals surface area contributed by atoms with Crippen molar-refractivity contribution in [3.05, 3.63) is 0 Å². The van der Waals surface area contributed by atoms with Crippen molar-refractivity contribution in [1.29, 1.82) is 0 Å². The van der Waals surface area contributed by atoms with Crippen LogP contribution in [-0.2, 0) is 9.53 Å². The molecular formula is C12H21NO2. The molecule has 0 bridgehead atoms. The number of carbonyl (C=O) groups excluding carboxylic acids is 1. The Bertz CT molecular complexity index is 226. The molecule has 3 nitrogen and oxygen atoms in total. The first-order valence-corrected chi connectivity index (χ1v) is 6.18. The van der Waals surface area contributed by atoms with E-state index >= 15 is 0 Å². The number of ether oxygens (including phenoxy) is 1. The Balaban J connectivity index is 1.79. The summed E-state index contributed by atoms with van der Waals surface area (Å²) in [6.45, 7) is 1.27. The second-order valence-corrected chi connectivity index (χ2v) is 4.96. The van der Waals surface area contributed by atoms with Crippen LogP contribution in [0.1, 0.15) is 38.5 Å². The zero-order valence-electron chi connectivity index (χ0n) is 9.28. The van der Waals surface area contributed by atoms with Crippen LogP contribution < -0.4 is 5.73 Å². The SMILES string of the molecule is NCC1CCCCC1C(=O)OCC1CC1. The standard InChI is InChI=1S/C12H21NO2/c13-7-10-3-1-2-4-11(10)12(14)15-8-9-5-6-9/h9-11H,1-8,13H2. The molecule has 0 spiro atoms. The topological polar surface area (TPSA) is 52.3 Å². The summed E-state index contributed by atoms with van der Waals surface area (Å²) in [6.07, 6.45) is 6.91. The van der Waals surface area contributed by atoms with Crippen molar-refractivity contribution in [2.45, 2.75) is 38.5 Å². The van der Waals surface area contributed by atoms with Gasteiger partial charge >= 0.3 is 5.97 Å². The molecule has 2 fully saturated rings. The molecule has 2 unspecified atom stereocenters. The number of carbonyl (C=O) groups is 1. The summed E-state index contributed by atoms with van der Waals surface area (Å²) in [5, 5.41) is 0. The molecule has 0 aromatic rings. The van der Waals surface area contributed by atoms with E-state index in [4.69, 9.17) is 10.5 Å². The molecule has 15 heavy (non-hydrogen) atoms. The first-order valence-electron chi connectivity index (χ1n) is 6.18. The van der Waals surface area contributed by atoms with Gasteiger partial charge in [-0.15, -0.1) is 0 Å². The number of esters is 1. The zero-order valence-corrected chi connectivity index (χ0v) is 9.28. The van der Waals surface area contributed by atoms with Gasteiger partial charge in [0.25, 0.3) is 0 Å². The van der Waals surface area contributed by atoms with Gasteiger partial charge in [-0.05, 0) is 44.1 Å². The molecule has 0 aromatic carbocycles. The van der Waals surface area contributed by atoms with Crippen molar-refractivity contribution >= 4 is 5.97 Å². The Morgan fingerprint density at radius 2 is 1.93 bits per heavy atom. The summed E-state index contributed by atoms with van der Waals surface area (Å²) in [6, 6.07) is 0. The Morgan fingerprint density at radius 3 is 2.60 bits per heavy atom. The van der Waals surface area contributed by atoms with Gasteiger partial charge < -0.3 is 10.5 Å². The highest BCUT2D eigenvalue weighted by molar-refractivity contribution is 5.73. The number of rotatable bonds is 4. The van der Waals surface area contributed by atoms with Crippen LogP contribution in [0.2, 0.25) is 0 Å². The largest absolute Gasteiger partial charge is 0.465 e. The molecule has 0 heterocycles. The summed E-state index contributed by atoms with van der Waals surface area (Å²) in [5.74, 6) is 1.12. The molecule has 2 saturated carbocycles. The third-order valence-corrected chi connectivity index (χ3v) is 3.67. The molecule has 2 N–H and O–H groups in total. The van der Waals surface area contributed by atoms with Crippen molar-refractivity contribution in [3.63, 3.8) is 0 Å². The maximum Gasteiger partial charge on any atom is 0.309 e. The van der Waals surface area contributed by atoms with E-state index in [1.165, 1.54) is 19.3 Å². The Morgan fingerprint density at radius 1 is 1.20 bits per heavy atom. The second-order valence-electron chi connectivity index (χ2n) is 4.96. The van der Waals surface area contributed by atoms with Crippen molar-refractivity contribution in [3.8, 4) is 0 Å². The Labute approximate surface area is 91.4 Å². The highest BCUT2D eigenvalue weighted by Gasteiger charge is 2.32. The van der Waals surface area contributed by atoms with Crippen LogP contribution in [-0.4, -0.2) is 19.1 Å². The molecule has 0 saturated heterocycles. The maximum atomic E-state index is 11.8. The second kappa shape index (κ2) is 4.97. The van der Waals surface area contributed by atoms with Gasteiger partial charge in [-0.1, -0.05) is 12.8 Å². The molecule has 2 aliphatic carbocycles. The van der Waals surface area contributed by atoms with E-state index < -0.39 is 0 Å². The average molecular weight is 211 g/mol. The lowest BCUT2D eigenvalue weighted by molar-refractivity contribution is -0.152. The molecule has 0 aromatic heterocycles. The smallest absolute Gasteiger partial charge is 0.309 e. The molecule has 86 valence electrons. The molecule has 2 rings (SSSR count). The minimum Gasteiger partial charge on any atom is -0.465 e. The van der Waals surface area contributed by atoms with Crippen molar-refractivity contribution < 1.29 is 9.53 Å². The lowest BCUT2D eigenvalue weighted by atomic mass is 9.79. The van der Waals surface area contributed by atoms with Gasteiger partial charge in [0, 0.05) is 0 Å². The summed E-state index contributed by atoms with van der Waals surface area (Å²) >= 11 is 0. The predicted molar refractivity (Wildman–Crippen MR) is 58.2 cm³/mol. The van der Waals surface area contributed by atoms with Crippen LogP contribution in [0.3, 0.4) is 0 Å². The minimum atomic E-state index is 0.0112. The van der Waals surface area contributed by atoms with Crippen molar-refractivity contribution in [2.75, 3.05) is 13.2 Å². The summed E-state index contributed by atoms with van der Waals surface area (Å²) in [7, 11) is 0. The number of hydrogen-bond donors (Lipinski definition) is 1. The van der Waals surface area contributed by atoms with E-state index in [1.54, 1.807) is 0 Å². The monoisotopic (exact) mass is 211 g/mol. The third-order valence-electron chi connectivity index (χ3n) is 3.67. The summed E-state index contributed by atoms with van der Waals surface area (Å²) < 4.78 is 5.34. The highest BCUT2D eigenvalue weighted by atomic mass is 16.5. The number of nitrogens with two attached hydrogens (primary N) is 1. The maximum absolute atomic E-state index is 11.8. The first-order chi connectivity index (χ1) is 7.31. The highest BCUT2D eigenvalue weighted by Crippen LogP contribution is 2.32. The molecule has 0 radical (unpaired) electrons. The van der Waals surface area contributed by atoms with Crippen LogP contribution in [0.15, 0.2) is 0 Å².